The van der Waals surface area contributed by atoms with Crippen molar-refractivity contribution < 1.29 is 4.79 Å². The highest BCUT2D eigenvalue weighted by Crippen LogP contribution is 2.33. The van der Waals surface area contributed by atoms with Gasteiger partial charge in [0, 0.05) is 6.42 Å². The summed E-state index contributed by atoms with van der Waals surface area (Å²) in [6.45, 7) is 0. The zero-order chi connectivity index (χ0) is 14.3. The normalized spacial score (nSPS) is 22.9. The minimum Gasteiger partial charge on any atom is -0.352 e. The van der Waals surface area contributed by atoms with Gasteiger partial charge in [-0.1, -0.05) is 42.5 Å². The molecule has 5 nitrogen and oxygen atoms in total. The molecule has 0 radical (unpaired) electrons. The van der Waals surface area contributed by atoms with E-state index in [9.17, 15) is 4.79 Å². The maximum absolute atomic E-state index is 12.4. The highest BCUT2D eigenvalue weighted by atomic mass is 16.2. The van der Waals surface area contributed by atoms with Gasteiger partial charge in [-0.05, 0) is 17.7 Å². The molecular weight excluding hydrogens is 264 g/mol. The van der Waals surface area contributed by atoms with Gasteiger partial charge >= 0.3 is 0 Å². The average molecular weight is 278 g/mol. The van der Waals surface area contributed by atoms with Crippen LogP contribution >= 0.6 is 0 Å². The lowest BCUT2D eigenvalue weighted by atomic mass is 9.96. The summed E-state index contributed by atoms with van der Waals surface area (Å²) >= 11 is 0. The predicted molar refractivity (Wildman–Crippen MR) is 82.2 cm³/mol. The Balaban J connectivity index is 1.65. The van der Waals surface area contributed by atoms with Crippen LogP contribution in [0.4, 0.5) is 11.4 Å². The van der Waals surface area contributed by atoms with E-state index < -0.39 is 5.66 Å². The summed E-state index contributed by atoms with van der Waals surface area (Å²) in [7, 11) is 0. The summed E-state index contributed by atoms with van der Waals surface area (Å²) in [4.78, 5) is 12.4. The molecule has 5 heteroatoms. The molecule has 4 rings (SSSR count). The van der Waals surface area contributed by atoms with Crippen LogP contribution in [0.2, 0.25) is 0 Å². The average Bonchev–Trinajstić information content (AvgIpc) is 2.95. The number of hydrogen-bond donors (Lipinski definition) is 3. The highest BCUT2D eigenvalue weighted by Gasteiger charge is 2.46. The molecule has 0 fully saturated rings. The first-order chi connectivity index (χ1) is 10.3. The molecule has 2 aliphatic rings. The van der Waals surface area contributed by atoms with E-state index in [-0.39, 0.29) is 5.91 Å². The molecule has 2 aromatic carbocycles. The zero-order valence-corrected chi connectivity index (χ0v) is 11.3. The predicted octanol–water partition coefficient (Wildman–Crippen LogP) is 2.14. The third-order valence-corrected chi connectivity index (χ3v) is 3.83. The van der Waals surface area contributed by atoms with Gasteiger partial charge in [-0.3, -0.25) is 10.2 Å². The number of carbonyl (C=O) groups excluding carboxylic acids is 1. The number of para-hydroxylation sites is 2. The number of carbonyl (C=O) groups is 1. The van der Waals surface area contributed by atoms with Crippen molar-refractivity contribution in [2.24, 2.45) is 5.10 Å². The molecule has 0 saturated heterocycles. The van der Waals surface area contributed by atoms with Gasteiger partial charge in [-0.2, -0.15) is 5.10 Å². The summed E-state index contributed by atoms with van der Waals surface area (Å²) in [5.74, 6) is -0.115. The lowest BCUT2D eigenvalue weighted by molar-refractivity contribution is -0.121. The second-order valence-electron chi connectivity index (χ2n) is 5.24. The van der Waals surface area contributed by atoms with Gasteiger partial charge in [-0.15, -0.1) is 0 Å². The van der Waals surface area contributed by atoms with Gasteiger partial charge in [-0.25, -0.2) is 0 Å². The second-order valence-corrected chi connectivity index (χ2v) is 5.24. The van der Waals surface area contributed by atoms with Crippen molar-refractivity contribution in [2.75, 3.05) is 10.6 Å². The van der Waals surface area contributed by atoms with Gasteiger partial charge in [0.2, 0.25) is 5.66 Å². The number of nitrogens with zero attached hydrogens (tertiary/aromatic N) is 1. The molecule has 1 atom stereocenters. The Bertz CT molecular complexity index is 741. The topological polar surface area (TPSA) is 65.5 Å². The van der Waals surface area contributed by atoms with E-state index >= 15 is 0 Å². The van der Waals surface area contributed by atoms with Crippen molar-refractivity contribution in [3.8, 4) is 0 Å². The number of fused-ring (bicyclic) bond motifs is 1. The third kappa shape index (κ3) is 1.86. The van der Waals surface area contributed by atoms with E-state index in [2.05, 4.69) is 21.2 Å². The third-order valence-electron chi connectivity index (χ3n) is 3.83. The number of benzene rings is 2. The van der Waals surface area contributed by atoms with Crippen LogP contribution in [0.1, 0.15) is 12.0 Å². The number of nitrogens with one attached hydrogen (secondary N) is 3. The van der Waals surface area contributed by atoms with E-state index in [1.54, 1.807) is 0 Å². The van der Waals surface area contributed by atoms with Gasteiger partial charge in [0.1, 0.15) is 0 Å². The summed E-state index contributed by atoms with van der Waals surface area (Å²) < 4.78 is 0. The van der Waals surface area contributed by atoms with Crippen molar-refractivity contribution in [1.29, 1.82) is 0 Å². The monoisotopic (exact) mass is 278 g/mol. The molecular formula is C16H14N4O. The summed E-state index contributed by atoms with van der Waals surface area (Å²) in [5.41, 5.74) is 5.66. The molecule has 21 heavy (non-hydrogen) atoms. The van der Waals surface area contributed by atoms with Crippen LogP contribution in [0.5, 0.6) is 0 Å². The SMILES string of the molecule is O=C1Nc2ccccc2NC12CC(c1ccccc1)=NN2. The molecule has 1 amide bonds. The first-order valence-corrected chi connectivity index (χ1v) is 6.85. The van der Waals surface area contributed by atoms with Crippen LogP contribution in [0, 0.1) is 0 Å². The van der Waals surface area contributed by atoms with Crippen LogP contribution < -0.4 is 16.1 Å². The quantitative estimate of drug-likeness (QED) is 0.749. The van der Waals surface area contributed by atoms with E-state index in [1.807, 2.05) is 54.6 Å². The van der Waals surface area contributed by atoms with Gasteiger partial charge in [0.05, 0.1) is 17.1 Å². The first-order valence-electron chi connectivity index (χ1n) is 6.85. The second kappa shape index (κ2) is 4.34. The van der Waals surface area contributed by atoms with Gasteiger partial charge in [0.25, 0.3) is 5.91 Å². The maximum Gasteiger partial charge on any atom is 0.272 e. The fourth-order valence-electron chi connectivity index (χ4n) is 2.71. The molecule has 0 aliphatic carbocycles. The molecule has 2 heterocycles. The van der Waals surface area contributed by atoms with Gasteiger partial charge < -0.3 is 10.6 Å². The van der Waals surface area contributed by atoms with Crippen LogP contribution in [0.15, 0.2) is 59.7 Å². The molecule has 0 bridgehead atoms. The van der Waals surface area contributed by atoms with Crippen LogP contribution in [0.3, 0.4) is 0 Å². The Hall–Kier alpha value is -2.82. The van der Waals surface area contributed by atoms with E-state index in [1.165, 1.54) is 0 Å². The molecule has 0 aromatic heterocycles. The smallest absolute Gasteiger partial charge is 0.272 e. The van der Waals surface area contributed by atoms with E-state index in [4.69, 9.17) is 0 Å². The Morgan fingerprint density at radius 3 is 2.48 bits per heavy atom. The van der Waals surface area contributed by atoms with Crippen LogP contribution in [0.25, 0.3) is 0 Å². The summed E-state index contributed by atoms with van der Waals surface area (Å²) in [5, 5.41) is 10.6. The number of hydrogen-bond acceptors (Lipinski definition) is 4. The van der Waals surface area contributed by atoms with Crippen molar-refractivity contribution in [3.05, 3.63) is 60.2 Å². The Morgan fingerprint density at radius 2 is 1.67 bits per heavy atom. The Kier molecular flexibility index (Phi) is 2.47. The molecule has 104 valence electrons. The highest BCUT2D eigenvalue weighted by molar-refractivity contribution is 6.12. The molecule has 2 aliphatic heterocycles. The van der Waals surface area contributed by atoms with Crippen LogP contribution in [-0.2, 0) is 4.79 Å². The lowest BCUT2D eigenvalue weighted by Crippen LogP contribution is -2.58. The number of anilines is 2. The van der Waals surface area contributed by atoms with Gasteiger partial charge in [0.15, 0.2) is 0 Å². The van der Waals surface area contributed by atoms with E-state index in [0.29, 0.717) is 6.42 Å². The number of rotatable bonds is 1. The number of hydrazone groups is 1. The molecule has 2 aromatic rings. The Labute approximate surface area is 122 Å². The largest absolute Gasteiger partial charge is 0.352 e. The van der Waals surface area contributed by atoms with Crippen molar-refractivity contribution in [2.45, 2.75) is 12.1 Å². The van der Waals surface area contributed by atoms with Crippen molar-refractivity contribution >= 4 is 23.0 Å². The molecule has 0 saturated carbocycles. The Morgan fingerprint density at radius 1 is 0.952 bits per heavy atom. The zero-order valence-electron chi connectivity index (χ0n) is 11.3. The van der Waals surface area contributed by atoms with Crippen molar-refractivity contribution in [1.82, 2.24) is 5.43 Å². The molecule has 1 unspecified atom stereocenters. The first kappa shape index (κ1) is 12.0. The lowest BCUT2D eigenvalue weighted by Gasteiger charge is -2.34. The minimum absolute atomic E-state index is 0.115. The minimum atomic E-state index is -0.903. The maximum atomic E-state index is 12.4. The van der Waals surface area contributed by atoms with Crippen LogP contribution in [-0.4, -0.2) is 17.3 Å². The standard InChI is InChI=1S/C16H14N4O/c21-15-16(18-13-9-5-4-8-12(13)17-15)10-14(19-20-16)11-6-2-1-3-7-11/h1-9,18,20H,10H2,(H,17,21). The summed E-state index contributed by atoms with van der Waals surface area (Å²) in [6.07, 6.45) is 0.497. The molecule has 1 spiro atoms. The molecule has 3 N–H and O–H groups in total. The van der Waals surface area contributed by atoms with Crippen molar-refractivity contribution in [3.63, 3.8) is 0 Å². The summed E-state index contributed by atoms with van der Waals surface area (Å²) in [6, 6.07) is 17.5. The van der Waals surface area contributed by atoms with E-state index in [0.717, 1.165) is 22.6 Å². The number of amides is 1. The fraction of sp³-hybridized carbons (Fsp3) is 0.125. The fourth-order valence-corrected chi connectivity index (χ4v) is 2.71.